The number of fused-ring (bicyclic) bond motifs is 1. The highest BCUT2D eigenvalue weighted by atomic mass is 35.5. The van der Waals surface area contributed by atoms with Gasteiger partial charge < -0.3 is 0 Å². The predicted octanol–water partition coefficient (Wildman–Crippen LogP) is 5.60. The molecule has 1 atom stereocenters. The van der Waals surface area contributed by atoms with Crippen LogP contribution in [0.15, 0.2) is 58.9 Å². The highest BCUT2D eigenvalue weighted by molar-refractivity contribution is 7.91. The zero-order valence-corrected chi connectivity index (χ0v) is 22.8. The summed E-state index contributed by atoms with van der Waals surface area (Å²) in [6, 6.07) is 14.8. The molecule has 1 aliphatic heterocycles. The van der Waals surface area contributed by atoms with E-state index in [2.05, 4.69) is 24.0 Å². The summed E-state index contributed by atoms with van der Waals surface area (Å²) >= 11 is 8.49. The predicted molar refractivity (Wildman–Crippen MR) is 145 cm³/mol. The number of anilines is 1. The number of carbonyl (C=O) groups excluding carboxylic acids is 1. The Balaban J connectivity index is 1.45. The molecule has 1 aliphatic rings. The molecule has 5 rings (SSSR count). The first-order valence-corrected chi connectivity index (χ1v) is 15.2. The zero-order chi connectivity index (χ0) is 25.3. The molecule has 1 unspecified atom stereocenters. The summed E-state index contributed by atoms with van der Waals surface area (Å²) in [7, 11) is -3.71. The Bertz CT molecular complexity index is 1490. The first-order valence-electron chi connectivity index (χ1n) is 11.7. The number of hydrogen-bond donors (Lipinski definition) is 0. The van der Waals surface area contributed by atoms with Crippen molar-refractivity contribution in [1.29, 1.82) is 0 Å². The van der Waals surface area contributed by atoms with Gasteiger partial charge in [-0.05, 0) is 61.2 Å². The van der Waals surface area contributed by atoms with E-state index < -0.39 is 15.9 Å². The number of sulfonamides is 1. The number of amides is 1. The van der Waals surface area contributed by atoms with Crippen LogP contribution < -0.4 is 4.90 Å². The Morgan fingerprint density at radius 1 is 1.19 bits per heavy atom. The minimum atomic E-state index is -3.71. The largest absolute Gasteiger partial charge is 0.282 e. The highest BCUT2D eigenvalue weighted by Crippen LogP contribution is 2.34. The van der Waals surface area contributed by atoms with Crippen molar-refractivity contribution in [2.24, 2.45) is 5.92 Å². The number of piperidine rings is 1. The Labute approximate surface area is 223 Å². The van der Waals surface area contributed by atoms with Gasteiger partial charge in [-0.25, -0.2) is 13.4 Å². The maximum atomic E-state index is 13.9. The smallest absolute Gasteiger partial charge is 0.252 e. The summed E-state index contributed by atoms with van der Waals surface area (Å²) in [5, 5.41) is 0.596. The van der Waals surface area contributed by atoms with E-state index in [0.717, 1.165) is 33.7 Å². The third-order valence-corrected chi connectivity index (χ3v) is 10.9. The summed E-state index contributed by atoms with van der Waals surface area (Å²) in [4.78, 5) is 24.8. The molecule has 36 heavy (non-hydrogen) atoms. The number of thiazole rings is 1. The molecular formula is C25H25ClN4O3S3. The van der Waals surface area contributed by atoms with Crippen LogP contribution in [0.4, 0.5) is 5.13 Å². The number of hydrogen-bond acceptors (Lipinski definition) is 7. The quantitative estimate of drug-likeness (QED) is 0.294. The summed E-state index contributed by atoms with van der Waals surface area (Å²) < 4.78 is 29.5. The normalized spacial score (nSPS) is 16.9. The van der Waals surface area contributed by atoms with Gasteiger partial charge in [-0.15, -0.1) is 11.3 Å². The van der Waals surface area contributed by atoms with Gasteiger partial charge in [0.2, 0.25) is 5.91 Å². The number of benzene rings is 1. The monoisotopic (exact) mass is 560 g/mol. The molecule has 1 saturated heterocycles. The van der Waals surface area contributed by atoms with Crippen LogP contribution in [0.1, 0.15) is 31.0 Å². The number of pyridine rings is 1. The van der Waals surface area contributed by atoms with Crippen molar-refractivity contribution >= 4 is 65.6 Å². The van der Waals surface area contributed by atoms with Gasteiger partial charge in [0.1, 0.15) is 4.21 Å². The van der Waals surface area contributed by atoms with Gasteiger partial charge in [0.05, 0.1) is 32.7 Å². The molecule has 1 aromatic carbocycles. The Morgan fingerprint density at radius 2 is 2.06 bits per heavy atom. The fourth-order valence-corrected chi connectivity index (χ4v) is 8.53. The second kappa shape index (κ2) is 10.5. The molecule has 1 amide bonds. The van der Waals surface area contributed by atoms with E-state index in [1.165, 1.54) is 27.3 Å². The lowest BCUT2D eigenvalue weighted by molar-refractivity contribution is -0.123. The van der Waals surface area contributed by atoms with Gasteiger partial charge in [-0.2, -0.15) is 4.31 Å². The molecule has 4 aromatic rings. The van der Waals surface area contributed by atoms with Crippen LogP contribution in [0.5, 0.6) is 0 Å². The summed E-state index contributed by atoms with van der Waals surface area (Å²) in [5.74, 6) is -0.620. The summed E-state index contributed by atoms with van der Waals surface area (Å²) in [6.45, 7) is 2.88. The first-order chi connectivity index (χ1) is 17.3. The fourth-order valence-electron chi connectivity index (χ4n) is 4.33. The van der Waals surface area contributed by atoms with Crippen molar-refractivity contribution in [3.8, 4) is 0 Å². The van der Waals surface area contributed by atoms with E-state index in [9.17, 15) is 13.2 Å². The standard InChI is InChI=1S/C25H25ClN4O3S3/c1-2-17-8-9-20-21(14-17)34-25(28-20)30(16-19-7-3-4-12-27-19)24(31)18-6-5-13-29(15-18)36(32,33)23-11-10-22(26)35-23/h3-4,7-12,14,18H,2,5-6,13,15-16H2,1H3. The van der Waals surface area contributed by atoms with E-state index >= 15 is 0 Å². The molecule has 0 saturated carbocycles. The van der Waals surface area contributed by atoms with Crippen LogP contribution in [0.3, 0.4) is 0 Å². The second-order valence-corrected chi connectivity index (χ2v) is 13.5. The molecule has 0 spiro atoms. The molecule has 0 radical (unpaired) electrons. The lowest BCUT2D eigenvalue weighted by atomic mass is 9.98. The van der Waals surface area contributed by atoms with Crippen molar-refractivity contribution in [3.05, 3.63) is 70.3 Å². The Kier molecular flexibility index (Phi) is 7.41. The Hall–Kier alpha value is -2.37. The van der Waals surface area contributed by atoms with Crippen molar-refractivity contribution in [2.45, 2.75) is 36.9 Å². The third kappa shape index (κ3) is 5.19. The number of rotatable bonds is 7. The average Bonchev–Trinajstić information content (AvgIpc) is 3.53. The molecule has 11 heteroatoms. The van der Waals surface area contributed by atoms with Crippen LogP contribution in [0, 0.1) is 5.92 Å². The van der Waals surface area contributed by atoms with Gasteiger partial charge in [0, 0.05) is 19.3 Å². The van der Waals surface area contributed by atoms with Crippen molar-refractivity contribution in [2.75, 3.05) is 18.0 Å². The fraction of sp³-hybridized carbons (Fsp3) is 0.320. The van der Waals surface area contributed by atoms with Crippen LogP contribution >= 0.6 is 34.3 Å². The lowest BCUT2D eigenvalue weighted by Gasteiger charge is -2.33. The highest BCUT2D eigenvalue weighted by Gasteiger charge is 2.37. The summed E-state index contributed by atoms with van der Waals surface area (Å²) in [5.41, 5.74) is 2.79. The van der Waals surface area contributed by atoms with Gasteiger partial charge in [0.25, 0.3) is 10.0 Å². The second-order valence-electron chi connectivity index (χ2n) is 8.66. The topological polar surface area (TPSA) is 83.5 Å². The average molecular weight is 561 g/mol. The van der Waals surface area contributed by atoms with Gasteiger partial charge >= 0.3 is 0 Å². The minimum Gasteiger partial charge on any atom is -0.282 e. The number of halogens is 1. The molecular weight excluding hydrogens is 536 g/mol. The van der Waals surface area contributed by atoms with Crippen LogP contribution in [0.25, 0.3) is 10.2 Å². The molecule has 0 bridgehead atoms. The molecule has 7 nitrogen and oxygen atoms in total. The number of aromatic nitrogens is 2. The van der Waals surface area contributed by atoms with Crippen LogP contribution in [-0.4, -0.2) is 41.7 Å². The van der Waals surface area contributed by atoms with E-state index in [1.54, 1.807) is 17.2 Å². The molecule has 1 fully saturated rings. The molecule has 3 aromatic heterocycles. The number of nitrogens with zero attached hydrogens (tertiary/aromatic N) is 4. The van der Waals surface area contributed by atoms with Crippen molar-refractivity contribution in [3.63, 3.8) is 0 Å². The van der Waals surface area contributed by atoms with Gasteiger partial charge in [-0.1, -0.05) is 42.0 Å². The Morgan fingerprint density at radius 3 is 2.78 bits per heavy atom. The van der Waals surface area contributed by atoms with Crippen molar-refractivity contribution in [1.82, 2.24) is 14.3 Å². The SMILES string of the molecule is CCc1ccc2nc(N(Cc3ccccn3)C(=O)C3CCCN(S(=O)(=O)c4ccc(Cl)s4)C3)sc2c1. The van der Waals surface area contributed by atoms with Gasteiger partial charge in [-0.3, -0.25) is 14.7 Å². The van der Waals surface area contributed by atoms with Crippen molar-refractivity contribution < 1.29 is 13.2 Å². The number of aryl methyl sites for hydroxylation is 1. The minimum absolute atomic E-state index is 0.125. The maximum absolute atomic E-state index is 13.9. The first kappa shape index (κ1) is 25.3. The molecule has 0 aliphatic carbocycles. The third-order valence-electron chi connectivity index (χ3n) is 6.27. The molecule has 0 N–H and O–H groups in total. The van der Waals surface area contributed by atoms with Crippen LogP contribution in [-0.2, 0) is 27.8 Å². The van der Waals surface area contributed by atoms with Gasteiger partial charge in [0.15, 0.2) is 5.13 Å². The van der Waals surface area contributed by atoms with E-state index in [4.69, 9.17) is 16.6 Å². The lowest BCUT2D eigenvalue weighted by Crippen LogP contribution is -2.46. The number of carbonyl (C=O) groups is 1. The number of thiophene rings is 1. The van der Waals surface area contributed by atoms with E-state index in [0.29, 0.717) is 28.9 Å². The van der Waals surface area contributed by atoms with E-state index in [-0.39, 0.29) is 23.2 Å². The van der Waals surface area contributed by atoms with Crippen LogP contribution in [0.2, 0.25) is 4.34 Å². The zero-order valence-electron chi connectivity index (χ0n) is 19.6. The summed E-state index contributed by atoms with van der Waals surface area (Å²) in [6.07, 6.45) is 3.83. The molecule has 188 valence electrons. The van der Waals surface area contributed by atoms with E-state index in [1.807, 2.05) is 24.3 Å². The maximum Gasteiger partial charge on any atom is 0.252 e. The molecule has 4 heterocycles.